The lowest BCUT2D eigenvalue weighted by Crippen LogP contribution is -2.37. The van der Waals surface area contributed by atoms with Gasteiger partial charge in [-0.15, -0.1) is 0 Å². The van der Waals surface area contributed by atoms with Crippen molar-refractivity contribution in [1.82, 2.24) is 19.4 Å². The van der Waals surface area contributed by atoms with Crippen LogP contribution in [0.25, 0.3) is 0 Å². The molecule has 3 rings (SSSR count). The molecule has 0 aromatic carbocycles. The maximum absolute atomic E-state index is 6.04. The van der Waals surface area contributed by atoms with E-state index < -0.39 is 0 Å². The Morgan fingerprint density at radius 1 is 1.40 bits per heavy atom. The van der Waals surface area contributed by atoms with Gasteiger partial charge >= 0.3 is 0 Å². The van der Waals surface area contributed by atoms with Gasteiger partial charge in [0.1, 0.15) is 0 Å². The van der Waals surface area contributed by atoms with Crippen LogP contribution in [0.2, 0.25) is 0 Å². The van der Waals surface area contributed by atoms with Crippen molar-refractivity contribution in [2.24, 2.45) is 5.73 Å². The minimum atomic E-state index is 0.292. The Balaban J connectivity index is 1.60. The van der Waals surface area contributed by atoms with Crippen molar-refractivity contribution in [2.75, 3.05) is 39.8 Å². The summed E-state index contributed by atoms with van der Waals surface area (Å²) in [6.45, 7) is 5.43. The van der Waals surface area contributed by atoms with Crippen LogP contribution in [0.3, 0.4) is 0 Å². The van der Waals surface area contributed by atoms with Gasteiger partial charge in [-0.25, -0.2) is 4.98 Å². The summed E-state index contributed by atoms with van der Waals surface area (Å²) in [4.78, 5) is 9.30. The number of aromatic nitrogens is 2. The fraction of sp³-hybridized carbons (Fsp3) is 0.800. The molecule has 2 N–H and O–H groups in total. The second kappa shape index (κ2) is 6.24. The Bertz CT molecular complexity index is 420. The van der Waals surface area contributed by atoms with Crippen LogP contribution in [-0.4, -0.2) is 59.1 Å². The molecule has 1 aliphatic heterocycles. The van der Waals surface area contributed by atoms with Crippen molar-refractivity contribution < 1.29 is 0 Å². The predicted octanol–water partition coefficient (Wildman–Crippen LogP) is 1.25. The lowest BCUT2D eigenvalue weighted by molar-refractivity contribution is 0.203. The van der Waals surface area contributed by atoms with Gasteiger partial charge in [-0.1, -0.05) is 0 Å². The Labute approximate surface area is 121 Å². The molecule has 1 aromatic heterocycles. The highest BCUT2D eigenvalue weighted by Gasteiger charge is 2.29. The molecule has 1 atom stereocenters. The lowest BCUT2D eigenvalue weighted by Gasteiger charge is -2.29. The van der Waals surface area contributed by atoms with Gasteiger partial charge in [0.2, 0.25) is 0 Å². The summed E-state index contributed by atoms with van der Waals surface area (Å²) in [5.41, 5.74) is 7.33. The maximum atomic E-state index is 6.04. The van der Waals surface area contributed by atoms with Crippen LogP contribution in [0, 0.1) is 0 Å². The topological polar surface area (TPSA) is 50.3 Å². The van der Waals surface area contributed by atoms with Gasteiger partial charge in [0.05, 0.1) is 18.1 Å². The van der Waals surface area contributed by atoms with Crippen molar-refractivity contribution in [3.05, 3.63) is 18.2 Å². The molecule has 2 aliphatic rings. The average Bonchev–Trinajstić information content (AvgIpc) is 2.98. The van der Waals surface area contributed by atoms with Gasteiger partial charge in [-0.2, -0.15) is 0 Å². The van der Waals surface area contributed by atoms with E-state index in [1.807, 2.05) is 12.5 Å². The molecule has 2 heterocycles. The number of hydrogen-bond donors (Lipinski definition) is 1. The highest BCUT2D eigenvalue weighted by molar-refractivity contribution is 5.09. The first kappa shape index (κ1) is 14.0. The zero-order chi connectivity index (χ0) is 13.9. The maximum Gasteiger partial charge on any atom is 0.0951 e. The van der Waals surface area contributed by atoms with Crippen LogP contribution >= 0.6 is 0 Å². The smallest absolute Gasteiger partial charge is 0.0951 e. The zero-order valence-corrected chi connectivity index (χ0v) is 12.5. The summed E-state index contributed by atoms with van der Waals surface area (Å²) < 4.78 is 2.34. The fourth-order valence-electron chi connectivity index (χ4n) is 3.22. The second-order valence-electron chi connectivity index (χ2n) is 6.24. The van der Waals surface area contributed by atoms with E-state index in [4.69, 9.17) is 5.73 Å². The third-order valence-corrected chi connectivity index (χ3v) is 4.70. The van der Waals surface area contributed by atoms with E-state index in [1.165, 1.54) is 44.5 Å². The first-order chi connectivity index (χ1) is 9.79. The molecule has 5 nitrogen and oxygen atoms in total. The number of hydrogen-bond acceptors (Lipinski definition) is 4. The third-order valence-electron chi connectivity index (χ3n) is 4.70. The van der Waals surface area contributed by atoms with Crippen molar-refractivity contribution in [3.8, 4) is 0 Å². The minimum Gasteiger partial charge on any atom is -0.330 e. The minimum absolute atomic E-state index is 0.292. The molecule has 2 fully saturated rings. The highest BCUT2D eigenvalue weighted by atomic mass is 15.2. The third kappa shape index (κ3) is 3.05. The molecular weight excluding hydrogens is 250 g/mol. The Morgan fingerprint density at radius 3 is 2.80 bits per heavy atom. The van der Waals surface area contributed by atoms with Crippen LogP contribution < -0.4 is 5.73 Å². The number of likely N-dealkylation sites (N-methyl/N-ethyl adjacent to an activating group) is 1. The van der Waals surface area contributed by atoms with Gasteiger partial charge in [0.25, 0.3) is 0 Å². The number of likely N-dealkylation sites (tertiary alicyclic amines) is 1. The molecule has 1 aliphatic carbocycles. The van der Waals surface area contributed by atoms with Crippen molar-refractivity contribution in [2.45, 2.75) is 37.8 Å². The van der Waals surface area contributed by atoms with E-state index in [0.717, 1.165) is 13.1 Å². The van der Waals surface area contributed by atoms with Gasteiger partial charge in [0.15, 0.2) is 0 Å². The van der Waals surface area contributed by atoms with Crippen molar-refractivity contribution in [1.29, 1.82) is 0 Å². The second-order valence-corrected chi connectivity index (χ2v) is 6.24. The average molecular weight is 277 g/mol. The first-order valence-corrected chi connectivity index (χ1v) is 7.94. The molecule has 1 unspecified atom stereocenters. The number of nitrogens with zero attached hydrogens (tertiary/aromatic N) is 4. The summed E-state index contributed by atoms with van der Waals surface area (Å²) in [5.74, 6) is 0. The SMILES string of the molecule is CN(CCN1CCCC1)C(CN)c1cncn1C1CC1. The fourth-order valence-corrected chi connectivity index (χ4v) is 3.22. The van der Waals surface area contributed by atoms with E-state index in [0.29, 0.717) is 18.6 Å². The Morgan fingerprint density at radius 2 is 2.15 bits per heavy atom. The van der Waals surface area contributed by atoms with E-state index in [2.05, 4.69) is 26.4 Å². The van der Waals surface area contributed by atoms with Gasteiger partial charge in [0, 0.05) is 31.9 Å². The van der Waals surface area contributed by atoms with Gasteiger partial charge in [-0.3, -0.25) is 4.90 Å². The number of rotatable bonds is 7. The lowest BCUT2D eigenvalue weighted by atomic mass is 10.2. The van der Waals surface area contributed by atoms with Crippen molar-refractivity contribution >= 4 is 0 Å². The number of imidazole rings is 1. The monoisotopic (exact) mass is 277 g/mol. The summed E-state index contributed by atoms with van der Waals surface area (Å²) in [7, 11) is 2.19. The molecule has 1 saturated heterocycles. The summed E-state index contributed by atoms with van der Waals surface area (Å²) in [6.07, 6.45) is 9.28. The summed E-state index contributed by atoms with van der Waals surface area (Å²) in [5, 5.41) is 0. The van der Waals surface area contributed by atoms with Crippen LogP contribution in [0.1, 0.15) is 43.5 Å². The molecule has 1 aromatic rings. The summed E-state index contributed by atoms with van der Waals surface area (Å²) in [6, 6.07) is 0.967. The normalized spacial score (nSPS) is 21.8. The summed E-state index contributed by atoms with van der Waals surface area (Å²) >= 11 is 0. The van der Waals surface area contributed by atoms with Gasteiger partial charge < -0.3 is 15.2 Å². The molecule has 0 bridgehead atoms. The Hall–Kier alpha value is -0.910. The predicted molar refractivity (Wildman–Crippen MR) is 80.6 cm³/mol. The molecular formula is C15H27N5. The van der Waals surface area contributed by atoms with Crippen LogP contribution in [-0.2, 0) is 0 Å². The first-order valence-electron chi connectivity index (χ1n) is 7.94. The quantitative estimate of drug-likeness (QED) is 0.815. The zero-order valence-electron chi connectivity index (χ0n) is 12.5. The van der Waals surface area contributed by atoms with E-state index in [-0.39, 0.29) is 0 Å². The molecule has 0 amide bonds. The molecule has 5 heteroatoms. The molecule has 20 heavy (non-hydrogen) atoms. The highest BCUT2D eigenvalue weighted by Crippen LogP contribution is 2.37. The standard InChI is InChI=1S/C15H27N5/c1-18(8-9-19-6-2-3-7-19)14(10-16)15-11-17-12-20(15)13-4-5-13/h11-14H,2-10,16H2,1H3. The molecule has 0 spiro atoms. The molecule has 1 saturated carbocycles. The Kier molecular flexibility index (Phi) is 4.38. The molecule has 112 valence electrons. The van der Waals surface area contributed by atoms with Crippen molar-refractivity contribution in [3.63, 3.8) is 0 Å². The molecule has 0 radical (unpaired) electrons. The van der Waals surface area contributed by atoms with E-state index in [9.17, 15) is 0 Å². The van der Waals surface area contributed by atoms with Crippen LogP contribution in [0.15, 0.2) is 12.5 Å². The van der Waals surface area contributed by atoms with Gasteiger partial charge in [-0.05, 0) is 45.8 Å². The van der Waals surface area contributed by atoms with Crippen LogP contribution in [0.5, 0.6) is 0 Å². The van der Waals surface area contributed by atoms with Crippen LogP contribution in [0.4, 0.5) is 0 Å². The van der Waals surface area contributed by atoms with E-state index in [1.54, 1.807) is 0 Å². The number of nitrogens with two attached hydrogens (primary N) is 1. The largest absolute Gasteiger partial charge is 0.330 e. The van der Waals surface area contributed by atoms with E-state index >= 15 is 0 Å².